The van der Waals surface area contributed by atoms with Crippen molar-refractivity contribution in [2.24, 2.45) is 0 Å². The van der Waals surface area contributed by atoms with Crippen molar-refractivity contribution >= 4 is 11.5 Å². The molecular weight excluding hydrogens is 256 g/mol. The largest absolute Gasteiger partial charge is 0.497 e. The van der Waals surface area contributed by atoms with Gasteiger partial charge >= 0.3 is 5.97 Å². The van der Waals surface area contributed by atoms with Gasteiger partial charge in [-0.1, -0.05) is 6.07 Å². The predicted octanol–water partition coefficient (Wildman–Crippen LogP) is 2.71. The van der Waals surface area contributed by atoms with Gasteiger partial charge in [-0.05, 0) is 36.4 Å². The summed E-state index contributed by atoms with van der Waals surface area (Å²) in [6.45, 7) is 0. The molecule has 0 spiro atoms. The van der Waals surface area contributed by atoms with Crippen LogP contribution >= 0.6 is 0 Å². The minimum Gasteiger partial charge on any atom is -0.497 e. The number of imidazole rings is 1. The number of carboxylic acid groups (broad SMARTS) is 1. The normalized spacial score (nSPS) is 10.7. The Morgan fingerprint density at radius 1 is 1.20 bits per heavy atom. The molecule has 0 amide bonds. The summed E-state index contributed by atoms with van der Waals surface area (Å²) in [5, 5.41) is 9.29. The van der Waals surface area contributed by atoms with E-state index in [9.17, 15) is 9.90 Å². The second-order valence-corrected chi connectivity index (χ2v) is 4.29. The van der Waals surface area contributed by atoms with Crippen molar-refractivity contribution in [3.63, 3.8) is 0 Å². The average Bonchev–Trinajstić information content (AvgIpc) is 2.91. The Morgan fingerprint density at radius 3 is 2.60 bits per heavy atom. The van der Waals surface area contributed by atoms with E-state index in [0.29, 0.717) is 5.82 Å². The molecule has 3 aromatic rings. The number of benzene rings is 1. The predicted molar refractivity (Wildman–Crippen MR) is 74.1 cm³/mol. The zero-order valence-corrected chi connectivity index (χ0v) is 10.8. The van der Waals surface area contributed by atoms with Crippen LogP contribution in [0.1, 0.15) is 10.5 Å². The summed E-state index contributed by atoms with van der Waals surface area (Å²) in [7, 11) is 1.60. The standard InChI is InChI=1S/C15H12N2O3/c1-20-12-7-5-10(6-8-12)14-16-9-11-3-2-4-13(15(18)19)17(11)14/h2-9H,1H3,(H,18,19). The van der Waals surface area contributed by atoms with Crippen LogP contribution in [0.5, 0.6) is 5.75 Å². The van der Waals surface area contributed by atoms with Crippen LogP contribution in [0.3, 0.4) is 0 Å². The van der Waals surface area contributed by atoms with Gasteiger partial charge in [0.1, 0.15) is 17.3 Å². The molecule has 0 aliphatic rings. The fourth-order valence-corrected chi connectivity index (χ4v) is 2.16. The first kappa shape index (κ1) is 12.2. The molecule has 0 saturated heterocycles. The Kier molecular flexibility index (Phi) is 2.87. The van der Waals surface area contributed by atoms with Crippen molar-refractivity contribution in [2.45, 2.75) is 0 Å². The number of carbonyl (C=O) groups is 1. The molecule has 0 atom stereocenters. The quantitative estimate of drug-likeness (QED) is 0.793. The summed E-state index contributed by atoms with van der Waals surface area (Å²) in [5.74, 6) is 0.358. The molecule has 0 fully saturated rings. The minimum absolute atomic E-state index is 0.186. The maximum Gasteiger partial charge on any atom is 0.352 e. The second kappa shape index (κ2) is 4.70. The highest BCUT2D eigenvalue weighted by atomic mass is 16.5. The van der Waals surface area contributed by atoms with Gasteiger partial charge in [0.15, 0.2) is 0 Å². The van der Waals surface area contributed by atoms with E-state index in [1.165, 1.54) is 0 Å². The summed E-state index contributed by atoms with van der Waals surface area (Å²) in [6.07, 6.45) is 1.66. The van der Waals surface area contributed by atoms with Crippen LogP contribution in [0.15, 0.2) is 48.7 Å². The lowest BCUT2D eigenvalue weighted by Gasteiger charge is -2.06. The Hall–Kier alpha value is -2.82. The van der Waals surface area contributed by atoms with Crippen molar-refractivity contribution in [2.75, 3.05) is 7.11 Å². The molecule has 1 N–H and O–H groups in total. The highest BCUT2D eigenvalue weighted by Gasteiger charge is 2.13. The van der Waals surface area contributed by atoms with E-state index in [-0.39, 0.29) is 5.69 Å². The number of ether oxygens (including phenoxy) is 1. The Labute approximate surface area is 115 Å². The lowest BCUT2D eigenvalue weighted by Crippen LogP contribution is -2.05. The van der Waals surface area contributed by atoms with E-state index in [1.807, 2.05) is 30.3 Å². The van der Waals surface area contributed by atoms with Crippen molar-refractivity contribution in [1.82, 2.24) is 9.38 Å². The Morgan fingerprint density at radius 2 is 1.95 bits per heavy atom. The topological polar surface area (TPSA) is 63.8 Å². The van der Waals surface area contributed by atoms with Crippen LogP contribution in [0, 0.1) is 0 Å². The zero-order chi connectivity index (χ0) is 14.1. The number of aromatic carboxylic acids is 1. The Bertz CT molecular complexity index is 775. The van der Waals surface area contributed by atoms with Gasteiger partial charge in [-0.3, -0.25) is 4.40 Å². The zero-order valence-electron chi connectivity index (χ0n) is 10.8. The minimum atomic E-state index is -0.983. The number of aromatic nitrogens is 2. The van der Waals surface area contributed by atoms with Crippen LogP contribution in [0.25, 0.3) is 16.9 Å². The first-order chi connectivity index (χ1) is 9.70. The molecule has 0 unspecified atom stereocenters. The van der Waals surface area contributed by atoms with Gasteiger partial charge < -0.3 is 9.84 Å². The molecule has 2 heterocycles. The maximum atomic E-state index is 11.3. The van der Waals surface area contributed by atoms with E-state index in [0.717, 1.165) is 16.8 Å². The molecule has 1 aromatic carbocycles. The molecule has 0 aliphatic carbocycles. The van der Waals surface area contributed by atoms with Crippen molar-refractivity contribution < 1.29 is 14.6 Å². The average molecular weight is 268 g/mol. The first-order valence-electron chi connectivity index (χ1n) is 6.05. The SMILES string of the molecule is COc1ccc(-c2ncc3cccc(C(=O)O)n23)cc1. The van der Waals surface area contributed by atoms with Gasteiger partial charge in [0.25, 0.3) is 0 Å². The highest BCUT2D eigenvalue weighted by Crippen LogP contribution is 2.23. The molecule has 3 rings (SSSR count). The number of fused-ring (bicyclic) bond motifs is 1. The summed E-state index contributed by atoms with van der Waals surface area (Å²) in [6, 6.07) is 12.4. The van der Waals surface area contributed by atoms with Gasteiger partial charge in [-0.2, -0.15) is 0 Å². The van der Waals surface area contributed by atoms with Gasteiger partial charge in [-0.25, -0.2) is 9.78 Å². The van der Waals surface area contributed by atoms with E-state index in [1.54, 1.807) is 29.8 Å². The van der Waals surface area contributed by atoms with Gasteiger partial charge in [-0.15, -0.1) is 0 Å². The van der Waals surface area contributed by atoms with Crippen molar-refractivity contribution in [3.8, 4) is 17.1 Å². The van der Waals surface area contributed by atoms with E-state index >= 15 is 0 Å². The molecule has 100 valence electrons. The van der Waals surface area contributed by atoms with E-state index in [2.05, 4.69) is 4.98 Å². The summed E-state index contributed by atoms with van der Waals surface area (Å²) >= 11 is 0. The van der Waals surface area contributed by atoms with E-state index < -0.39 is 5.97 Å². The van der Waals surface area contributed by atoms with Crippen molar-refractivity contribution in [1.29, 1.82) is 0 Å². The molecule has 5 nitrogen and oxygen atoms in total. The number of rotatable bonds is 3. The second-order valence-electron chi connectivity index (χ2n) is 4.29. The van der Waals surface area contributed by atoms with Gasteiger partial charge in [0, 0.05) is 5.56 Å². The fraction of sp³-hybridized carbons (Fsp3) is 0.0667. The number of carboxylic acids is 1. The molecule has 0 bridgehead atoms. The molecule has 2 aromatic heterocycles. The van der Waals surface area contributed by atoms with Crippen LogP contribution in [0.4, 0.5) is 0 Å². The van der Waals surface area contributed by atoms with Crippen LogP contribution < -0.4 is 4.74 Å². The molecule has 0 aliphatic heterocycles. The Balaban J connectivity index is 2.22. The number of methoxy groups -OCH3 is 1. The molecular formula is C15H12N2O3. The molecule has 20 heavy (non-hydrogen) atoms. The van der Waals surface area contributed by atoms with Gasteiger partial charge in [0.05, 0.1) is 18.8 Å². The van der Waals surface area contributed by atoms with Crippen molar-refractivity contribution in [3.05, 3.63) is 54.4 Å². The van der Waals surface area contributed by atoms with Crippen LogP contribution in [0.2, 0.25) is 0 Å². The lowest BCUT2D eigenvalue weighted by atomic mass is 10.2. The first-order valence-corrected chi connectivity index (χ1v) is 6.05. The monoisotopic (exact) mass is 268 g/mol. The summed E-state index contributed by atoms with van der Waals surface area (Å²) in [4.78, 5) is 15.7. The molecule has 5 heteroatoms. The van der Waals surface area contributed by atoms with Crippen LogP contribution in [-0.4, -0.2) is 27.6 Å². The summed E-state index contributed by atoms with van der Waals surface area (Å²) in [5.41, 5.74) is 1.76. The maximum absolute atomic E-state index is 11.3. The smallest absolute Gasteiger partial charge is 0.352 e. The fourth-order valence-electron chi connectivity index (χ4n) is 2.16. The molecule has 0 radical (unpaired) electrons. The number of pyridine rings is 1. The third-order valence-electron chi connectivity index (χ3n) is 3.12. The lowest BCUT2D eigenvalue weighted by molar-refractivity contribution is 0.0689. The third kappa shape index (κ3) is 1.89. The van der Waals surface area contributed by atoms with Gasteiger partial charge in [0.2, 0.25) is 0 Å². The number of hydrogen-bond donors (Lipinski definition) is 1. The van der Waals surface area contributed by atoms with Crippen LogP contribution in [-0.2, 0) is 0 Å². The number of nitrogens with zero attached hydrogens (tertiary/aromatic N) is 2. The van der Waals surface area contributed by atoms with E-state index in [4.69, 9.17) is 4.74 Å². The highest BCUT2D eigenvalue weighted by molar-refractivity contribution is 5.87. The molecule has 0 saturated carbocycles. The third-order valence-corrected chi connectivity index (χ3v) is 3.12. The number of hydrogen-bond acceptors (Lipinski definition) is 3. The summed E-state index contributed by atoms with van der Waals surface area (Å²) < 4.78 is 6.74.